The predicted octanol–water partition coefficient (Wildman–Crippen LogP) is 4.09. The van der Waals surface area contributed by atoms with Gasteiger partial charge >= 0.3 is 0 Å². The largest absolute Gasteiger partial charge is 0.122 e. The van der Waals surface area contributed by atoms with Gasteiger partial charge in [0.2, 0.25) is 0 Å². The molecule has 0 bridgehead atoms. The Morgan fingerprint density at radius 3 is 2.50 bits per heavy atom. The molecule has 0 N–H and O–H groups in total. The molecule has 0 heterocycles. The summed E-state index contributed by atoms with van der Waals surface area (Å²) in [7, 11) is 0. The maximum atomic E-state index is 5.66. The average Bonchev–Trinajstić information content (AvgIpc) is 2.09. The van der Waals surface area contributed by atoms with E-state index in [-0.39, 0.29) is 0 Å². The Hall–Kier alpha value is -0.270. The van der Waals surface area contributed by atoms with Crippen molar-refractivity contribution in [3.05, 3.63) is 39.9 Å². The van der Waals surface area contributed by atoms with Crippen molar-refractivity contribution in [2.45, 2.75) is 6.92 Å². The SMILES string of the molecule is CC(=Cc1ccc(Br)cc1)CCl. The average molecular weight is 246 g/mol. The van der Waals surface area contributed by atoms with Gasteiger partial charge in [-0.3, -0.25) is 0 Å². The van der Waals surface area contributed by atoms with E-state index < -0.39 is 0 Å². The Bertz CT molecular complexity index is 274. The molecular weight excluding hydrogens is 235 g/mol. The molecule has 64 valence electrons. The number of hydrogen-bond acceptors (Lipinski definition) is 0. The fraction of sp³-hybridized carbons (Fsp3) is 0.200. The topological polar surface area (TPSA) is 0 Å². The molecule has 0 spiro atoms. The van der Waals surface area contributed by atoms with Crippen molar-refractivity contribution >= 4 is 33.6 Å². The summed E-state index contributed by atoms with van der Waals surface area (Å²) in [5.74, 6) is 0.593. The molecule has 1 aromatic rings. The molecule has 0 aromatic heterocycles. The van der Waals surface area contributed by atoms with E-state index in [1.165, 1.54) is 11.1 Å². The molecule has 1 aromatic carbocycles. The third kappa shape index (κ3) is 3.00. The monoisotopic (exact) mass is 244 g/mol. The van der Waals surface area contributed by atoms with Crippen LogP contribution in [0.5, 0.6) is 0 Å². The fourth-order valence-electron chi connectivity index (χ4n) is 0.882. The van der Waals surface area contributed by atoms with Crippen molar-refractivity contribution in [2.24, 2.45) is 0 Å². The Balaban J connectivity index is 2.84. The van der Waals surface area contributed by atoms with Crippen LogP contribution in [0.15, 0.2) is 34.3 Å². The van der Waals surface area contributed by atoms with Gasteiger partial charge in [0.1, 0.15) is 0 Å². The fourth-order valence-corrected chi connectivity index (χ4v) is 1.22. The van der Waals surface area contributed by atoms with Crippen molar-refractivity contribution in [1.82, 2.24) is 0 Å². The highest BCUT2D eigenvalue weighted by molar-refractivity contribution is 9.10. The van der Waals surface area contributed by atoms with E-state index in [0.29, 0.717) is 5.88 Å². The van der Waals surface area contributed by atoms with E-state index >= 15 is 0 Å². The van der Waals surface area contributed by atoms with Crippen LogP contribution < -0.4 is 0 Å². The predicted molar refractivity (Wildman–Crippen MR) is 58.5 cm³/mol. The maximum absolute atomic E-state index is 5.66. The van der Waals surface area contributed by atoms with E-state index in [1.54, 1.807) is 0 Å². The van der Waals surface area contributed by atoms with Gasteiger partial charge in [-0.15, -0.1) is 11.6 Å². The lowest BCUT2D eigenvalue weighted by Gasteiger charge is -1.96. The standard InChI is InChI=1S/C10H10BrCl/c1-8(7-12)6-9-2-4-10(11)5-3-9/h2-6H,7H2,1H3. The van der Waals surface area contributed by atoms with Crippen LogP contribution in [0.1, 0.15) is 12.5 Å². The molecule has 2 heteroatoms. The van der Waals surface area contributed by atoms with Gasteiger partial charge in [0.15, 0.2) is 0 Å². The lowest BCUT2D eigenvalue weighted by molar-refractivity contribution is 1.42. The van der Waals surface area contributed by atoms with Crippen LogP contribution in [0.25, 0.3) is 6.08 Å². The van der Waals surface area contributed by atoms with Crippen LogP contribution >= 0.6 is 27.5 Å². The molecule has 0 amide bonds. The molecule has 0 saturated carbocycles. The quantitative estimate of drug-likeness (QED) is 0.689. The molecule has 1 rings (SSSR count). The zero-order valence-electron chi connectivity index (χ0n) is 6.85. The second-order valence-corrected chi connectivity index (χ2v) is 3.86. The lowest BCUT2D eigenvalue weighted by atomic mass is 10.1. The molecule has 0 atom stereocenters. The lowest BCUT2D eigenvalue weighted by Crippen LogP contribution is -1.77. The van der Waals surface area contributed by atoms with E-state index in [4.69, 9.17) is 11.6 Å². The van der Waals surface area contributed by atoms with Crippen LogP contribution in [0.3, 0.4) is 0 Å². The summed E-state index contributed by atoms with van der Waals surface area (Å²) in [4.78, 5) is 0. The molecule has 0 aliphatic rings. The van der Waals surface area contributed by atoms with Crippen LogP contribution in [-0.2, 0) is 0 Å². The molecule has 0 unspecified atom stereocenters. The first kappa shape index (κ1) is 9.82. The molecule has 12 heavy (non-hydrogen) atoms. The summed E-state index contributed by atoms with van der Waals surface area (Å²) in [6, 6.07) is 8.15. The van der Waals surface area contributed by atoms with Crippen LogP contribution in [0.2, 0.25) is 0 Å². The molecule has 0 fully saturated rings. The first-order valence-corrected chi connectivity index (χ1v) is 5.04. The summed E-state index contributed by atoms with van der Waals surface area (Å²) >= 11 is 9.04. The Morgan fingerprint density at radius 2 is 2.00 bits per heavy atom. The number of benzene rings is 1. The van der Waals surface area contributed by atoms with Crippen molar-refractivity contribution in [3.8, 4) is 0 Å². The summed E-state index contributed by atoms with van der Waals surface area (Å²) < 4.78 is 1.10. The number of rotatable bonds is 2. The highest BCUT2D eigenvalue weighted by Crippen LogP contribution is 2.13. The van der Waals surface area contributed by atoms with Crippen molar-refractivity contribution < 1.29 is 0 Å². The van der Waals surface area contributed by atoms with E-state index in [1.807, 2.05) is 19.1 Å². The van der Waals surface area contributed by atoms with Gasteiger partial charge in [-0.05, 0) is 24.6 Å². The number of allylic oxidation sites excluding steroid dienone is 1. The molecule has 0 saturated heterocycles. The highest BCUT2D eigenvalue weighted by atomic mass is 79.9. The smallest absolute Gasteiger partial charge is 0.0434 e. The van der Waals surface area contributed by atoms with E-state index in [9.17, 15) is 0 Å². The minimum absolute atomic E-state index is 0.593. The Labute approximate surface area is 86.4 Å². The number of alkyl halides is 1. The van der Waals surface area contributed by atoms with Crippen molar-refractivity contribution in [2.75, 3.05) is 5.88 Å². The van der Waals surface area contributed by atoms with Crippen molar-refractivity contribution in [1.29, 1.82) is 0 Å². The van der Waals surface area contributed by atoms with Crippen LogP contribution in [-0.4, -0.2) is 5.88 Å². The van der Waals surface area contributed by atoms with Gasteiger partial charge < -0.3 is 0 Å². The Morgan fingerprint density at radius 1 is 1.42 bits per heavy atom. The third-order valence-electron chi connectivity index (χ3n) is 1.49. The van der Waals surface area contributed by atoms with Crippen molar-refractivity contribution in [3.63, 3.8) is 0 Å². The first-order valence-electron chi connectivity index (χ1n) is 3.71. The Kier molecular flexibility index (Phi) is 3.83. The summed E-state index contributed by atoms with van der Waals surface area (Å²) in [6.07, 6.45) is 2.08. The van der Waals surface area contributed by atoms with Crippen LogP contribution in [0.4, 0.5) is 0 Å². The highest BCUT2D eigenvalue weighted by Gasteiger charge is 1.89. The molecule has 0 radical (unpaired) electrons. The zero-order valence-corrected chi connectivity index (χ0v) is 9.19. The maximum Gasteiger partial charge on any atom is 0.0434 e. The van der Waals surface area contributed by atoms with Gasteiger partial charge in [-0.2, -0.15) is 0 Å². The second kappa shape index (κ2) is 4.68. The molecular formula is C10H10BrCl. The normalized spacial score (nSPS) is 11.8. The summed E-state index contributed by atoms with van der Waals surface area (Å²) in [5, 5.41) is 0. The van der Waals surface area contributed by atoms with Gasteiger partial charge in [-0.25, -0.2) is 0 Å². The zero-order chi connectivity index (χ0) is 8.97. The summed E-state index contributed by atoms with van der Waals surface area (Å²) in [6.45, 7) is 2.02. The van der Waals surface area contributed by atoms with Crippen LogP contribution in [0, 0.1) is 0 Å². The van der Waals surface area contributed by atoms with Gasteiger partial charge in [0.25, 0.3) is 0 Å². The van der Waals surface area contributed by atoms with Gasteiger partial charge in [0.05, 0.1) is 0 Å². The number of halogens is 2. The first-order chi connectivity index (χ1) is 5.72. The third-order valence-corrected chi connectivity index (χ3v) is 2.44. The minimum Gasteiger partial charge on any atom is -0.122 e. The second-order valence-electron chi connectivity index (χ2n) is 2.68. The van der Waals surface area contributed by atoms with Gasteiger partial charge in [-0.1, -0.05) is 39.7 Å². The molecule has 0 nitrogen and oxygen atoms in total. The number of hydrogen-bond donors (Lipinski definition) is 0. The van der Waals surface area contributed by atoms with E-state index in [0.717, 1.165) is 4.47 Å². The van der Waals surface area contributed by atoms with Gasteiger partial charge in [0, 0.05) is 10.4 Å². The van der Waals surface area contributed by atoms with E-state index in [2.05, 4.69) is 34.1 Å². The molecule has 0 aliphatic heterocycles. The minimum atomic E-state index is 0.593. The molecule has 0 aliphatic carbocycles. The summed E-state index contributed by atoms with van der Waals surface area (Å²) in [5.41, 5.74) is 2.37.